The highest BCUT2D eigenvalue weighted by Gasteiger charge is 2.30. The molecule has 2 aromatic rings. The van der Waals surface area contributed by atoms with Crippen molar-refractivity contribution in [2.24, 2.45) is 5.41 Å². The van der Waals surface area contributed by atoms with Gasteiger partial charge in [0.1, 0.15) is 5.82 Å². The fourth-order valence-corrected chi connectivity index (χ4v) is 2.58. The van der Waals surface area contributed by atoms with Gasteiger partial charge in [0.2, 0.25) is 5.91 Å². The molecule has 2 aromatic carbocycles. The lowest BCUT2D eigenvalue weighted by Gasteiger charge is -2.21. The first-order valence-electron chi connectivity index (χ1n) is 9.37. The Bertz CT molecular complexity index is 1020. The van der Waals surface area contributed by atoms with E-state index in [0.717, 1.165) is 11.6 Å². The van der Waals surface area contributed by atoms with Crippen LogP contribution < -0.4 is 5.32 Å². The van der Waals surface area contributed by atoms with Gasteiger partial charge in [-0.15, -0.1) is 0 Å². The van der Waals surface area contributed by atoms with Crippen LogP contribution in [0.1, 0.15) is 51.3 Å². The average molecular weight is 413 g/mol. The Hall–Kier alpha value is -3.20. The second-order valence-corrected chi connectivity index (χ2v) is 8.46. The van der Waals surface area contributed by atoms with Gasteiger partial charge in [0.15, 0.2) is 5.82 Å². The van der Waals surface area contributed by atoms with E-state index in [2.05, 4.69) is 17.2 Å². The number of carbonyl (C=O) groups excluding carboxylic acids is 2. The summed E-state index contributed by atoms with van der Waals surface area (Å²) < 4.78 is 32.9. The third-order valence-electron chi connectivity index (χ3n) is 4.62. The van der Waals surface area contributed by atoms with E-state index in [0.29, 0.717) is 11.6 Å². The van der Waals surface area contributed by atoms with Gasteiger partial charge in [-0.05, 0) is 37.6 Å². The summed E-state index contributed by atoms with van der Waals surface area (Å²) in [6.45, 7) is 8.56. The van der Waals surface area contributed by atoms with Gasteiger partial charge in [0.05, 0.1) is 23.8 Å². The molecule has 0 unspecified atom stereocenters. The van der Waals surface area contributed by atoms with Gasteiger partial charge in [-0.1, -0.05) is 44.7 Å². The van der Waals surface area contributed by atoms with Gasteiger partial charge in [0.25, 0.3) is 0 Å². The number of anilines is 1. The first-order valence-corrected chi connectivity index (χ1v) is 9.37. The van der Waals surface area contributed by atoms with Crippen LogP contribution in [-0.4, -0.2) is 19.0 Å². The molecule has 0 saturated carbocycles. The fourth-order valence-electron chi connectivity index (χ4n) is 2.58. The number of hydrogen-bond donors (Lipinski definition) is 1. The minimum Gasteiger partial charge on any atom is -0.468 e. The standard InChI is InChI=1S/C24H25F2NO3/c1-23(2,3)21(28)27-20-16(13-18(25)14-19(20)26)10-7-15-8-11-17(12-9-15)24(4,5)22(29)30-6/h8-9,11-14H,1-6H3,(H,27,28). The highest BCUT2D eigenvalue weighted by Crippen LogP contribution is 2.26. The molecule has 0 heterocycles. The van der Waals surface area contributed by atoms with Crippen molar-refractivity contribution in [2.45, 2.75) is 40.0 Å². The molecule has 2 rings (SSSR count). The number of rotatable bonds is 3. The largest absolute Gasteiger partial charge is 0.468 e. The third kappa shape index (κ3) is 5.24. The molecule has 0 saturated heterocycles. The highest BCUT2D eigenvalue weighted by molar-refractivity contribution is 5.95. The Balaban J connectivity index is 2.38. The second-order valence-electron chi connectivity index (χ2n) is 8.46. The second kappa shape index (κ2) is 8.66. The molecular weight excluding hydrogens is 388 g/mol. The summed E-state index contributed by atoms with van der Waals surface area (Å²) in [5, 5.41) is 2.50. The van der Waals surface area contributed by atoms with Gasteiger partial charge >= 0.3 is 5.97 Å². The topological polar surface area (TPSA) is 55.4 Å². The molecule has 0 atom stereocenters. The van der Waals surface area contributed by atoms with E-state index in [9.17, 15) is 18.4 Å². The fraction of sp³-hybridized carbons (Fsp3) is 0.333. The maximum Gasteiger partial charge on any atom is 0.315 e. The van der Waals surface area contributed by atoms with Gasteiger partial charge in [-0.2, -0.15) is 0 Å². The number of halogens is 2. The zero-order chi connectivity index (χ0) is 22.7. The van der Waals surface area contributed by atoms with Crippen LogP contribution in [0.4, 0.5) is 14.5 Å². The van der Waals surface area contributed by atoms with E-state index in [1.807, 2.05) is 0 Å². The van der Waals surface area contributed by atoms with Crippen LogP contribution in [0.2, 0.25) is 0 Å². The van der Waals surface area contributed by atoms with Crippen molar-refractivity contribution in [1.29, 1.82) is 0 Å². The number of benzene rings is 2. The lowest BCUT2D eigenvalue weighted by Crippen LogP contribution is -2.30. The summed E-state index contributed by atoms with van der Waals surface area (Å²) in [7, 11) is 1.33. The van der Waals surface area contributed by atoms with E-state index < -0.39 is 28.4 Å². The Morgan fingerprint density at radius 3 is 2.10 bits per heavy atom. The molecule has 1 N–H and O–H groups in total. The maximum absolute atomic E-state index is 14.3. The van der Waals surface area contributed by atoms with Crippen molar-refractivity contribution in [3.8, 4) is 11.8 Å². The number of hydrogen-bond acceptors (Lipinski definition) is 3. The first kappa shape index (κ1) is 23.1. The Labute approximate surface area is 175 Å². The predicted octanol–water partition coefficient (Wildman–Crippen LogP) is 4.80. The summed E-state index contributed by atoms with van der Waals surface area (Å²) in [6.07, 6.45) is 0. The molecule has 0 aliphatic carbocycles. The Kier molecular flexibility index (Phi) is 6.66. The van der Waals surface area contributed by atoms with Crippen molar-refractivity contribution in [1.82, 2.24) is 0 Å². The number of methoxy groups -OCH3 is 1. The lowest BCUT2D eigenvalue weighted by molar-refractivity contribution is -0.146. The van der Waals surface area contributed by atoms with Crippen LogP contribution >= 0.6 is 0 Å². The average Bonchev–Trinajstić information content (AvgIpc) is 2.67. The number of esters is 1. The van der Waals surface area contributed by atoms with Crippen molar-refractivity contribution >= 4 is 17.6 Å². The van der Waals surface area contributed by atoms with Crippen molar-refractivity contribution in [3.63, 3.8) is 0 Å². The summed E-state index contributed by atoms with van der Waals surface area (Å²) in [4.78, 5) is 24.2. The summed E-state index contributed by atoms with van der Waals surface area (Å²) in [6, 6.07) is 8.67. The van der Waals surface area contributed by atoms with Crippen LogP contribution in [0.15, 0.2) is 36.4 Å². The van der Waals surface area contributed by atoms with E-state index >= 15 is 0 Å². The van der Waals surface area contributed by atoms with Gasteiger partial charge in [-0.3, -0.25) is 9.59 Å². The lowest BCUT2D eigenvalue weighted by atomic mass is 9.84. The molecule has 0 aromatic heterocycles. The minimum atomic E-state index is -0.896. The zero-order valence-electron chi connectivity index (χ0n) is 17.9. The number of amides is 1. The molecule has 30 heavy (non-hydrogen) atoms. The smallest absolute Gasteiger partial charge is 0.315 e. The minimum absolute atomic E-state index is 0.0315. The van der Waals surface area contributed by atoms with Crippen molar-refractivity contribution < 1.29 is 23.1 Å². The molecule has 0 aliphatic heterocycles. The van der Waals surface area contributed by atoms with Gasteiger partial charge in [0, 0.05) is 17.0 Å². The third-order valence-corrected chi connectivity index (χ3v) is 4.62. The van der Waals surface area contributed by atoms with E-state index in [1.165, 1.54) is 7.11 Å². The van der Waals surface area contributed by atoms with Crippen molar-refractivity contribution in [3.05, 3.63) is 64.7 Å². The van der Waals surface area contributed by atoms with Gasteiger partial charge in [-0.25, -0.2) is 8.78 Å². The molecular formula is C24H25F2NO3. The SMILES string of the molecule is COC(=O)C(C)(C)c1ccc(C#Cc2cc(F)cc(F)c2NC(=O)C(C)(C)C)cc1. The molecule has 0 aliphatic rings. The predicted molar refractivity (Wildman–Crippen MR) is 112 cm³/mol. The number of carbonyl (C=O) groups is 2. The molecule has 0 spiro atoms. The van der Waals surface area contributed by atoms with Crippen LogP contribution in [0.25, 0.3) is 0 Å². The van der Waals surface area contributed by atoms with Crippen LogP contribution in [0.5, 0.6) is 0 Å². The molecule has 0 fully saturated rings. The zero-order valence-corrected chi connectivity index (χ0v) is 17.9. The monoisotopic (exact) mass is 413 g/mol. The molecule has 6 heteroatoms. The Morgan fingerprint density at radius 1 is 0.967 bits per heavy atom. The molecule has 1 amide bonds. The molecule has 4 nitrogen and oxygen atoms in total. The van der Waals surface area contributed by atoms with Crippen LogP contribution in [-0.2, 0) is 19.7 Å². The highest BCUT2D eigenvalue weighted by atomic mass is 19.1. The molecule has 158 valence electrons. The van der Waals surface area contributed by atoms with Crippen LogP contribution in [0.3, 0.4) is 0 Å². The summed E-state index contributed by atoms with van der Waals surface area (Å²) >= 11 is 0. The first-order chi connectivity index (χ1) is 13.9. The summed E-state index contributed by atoms with van der Waals surface area (Å²) in [5.41, 5.74) is -0.381. The molecule has 0 radical (unpaired) electrons. The summed E-state index contributed by atoms with van der Waals surface area (Å²) in [5.74, 6) is 3.10. The quantitative estimate of drug-likeness (QED) is 0.581. The molecule has 0 bridgehead atoms. The number of nitrogens with one attached hydrogen (secondary N) is 1. The van der Waals surface area contributed by atoms with E-state index in [-0.39, 0.29) is 17.2 Å². The van der Waals surface area contributed by atoms with E-state index in [1.54, 1.807) is 58.9 Å². The normalized spacial score (nSPS) is 11.3. The maximum atomic E-state index is 14.3. The van der Waals surface area contributed by atoms with E-state index in [4.69, 9.17) is 4.74 Å². The Morgan fingerprint density at radius 2 is 1.57 bits per heavy atom. The van der Waals surface area contributed by atoms with Crippen LogP contribution in [0, 0.1) is 28.9 Å². The van der Waals surface area contributed by atoms with Gasteiger partial charge < -0.3 is 10.1 Å². The van der Waals surface area contributed by atoms with Crippen molar-refractivity contribution in [2.75, 3.05) is 12.4 Å². The number of ether oxygens (including phenoxy) is 1.